The van der Waals surface area contributed by atoms with Gasteiger partial charge in [-0.05, 0) is 53.1 Å². The van der Waals surface area contributed by atoms with Gasteiger partial charge >= 0.3 is 12.4 Å². The number of benzene rings is 2. The second-order valence-corrected chi connectivity index (χ2v) is 7.62. The summed E-state index contributed by atoms with van der Waals surface area (Å²) in [5.41, 5.74) is -0.844. The third-order valence-corrected chi connectivity index (χ3v) is 5.25. The highest BCUT2D eigenvalue weighted by Crippen LogP contribution is 2.37. The van der Waals surface area contributed by atoms with Crippen molar-refractivity contribution in [3.05, 3.63) is 82.8 Å². The molecule has 1 aliphatic heterocycles. The van der Waals surface area contributed by atoms with Crippen molar-refractivity contribution in [2.45, 2.75) is 25.4 Å². The first-order valence-corrected chi connectivity index (χ1v) is 9.88. The van der Waals surface area contributed by atoms with Gasteiger partial charge in [-0.1, -0.05) is 12.1 Å². The van der Waals surface area contributed by atoms with Gasteiger partial charge in [0.2, 0.25) is 5.88 Å². The third kappa shape index (κ3) is 5.27. The highest BCUT2D eigenvalue weighted by Gasteiger charge is 2.37. The summed E-state index contributed by atoms with van der Waals surface area (Å²) < 4.78 is 98.3. The number of hydrogen-bond donors (Lipinski definition) is 0. The van der Waals surface area contributed by atoms with Gasteiger partial charge in [0.1, 0.15) is 12.4 Å². The minimum absolute atomic E-state index is 0.112. The molecule has 0 radical (unpaired) electrons. The Labute approximate surface area is 184 Å². The maximum Gasteiger partial charge on any atom is 0.416 e. The minimum atomic E-state index is -4.91. The van der Waals surface area contributed by atoms with E-state index in [1.165, 1.54) is 18.3 Å². The summed E-state index contributed by atoms with van der Waals surface area (Å²) in [4.78, 5) is 5.89. The van der Waals surface area contributed by atoms with Crippen LogP contribution in [0.1, 0.15) is 22.3 Å². The zero-order chi connectivity index (χ0) is 23.8. The number of hydrogen-bond acceptors (Lipinski definition) is 3. The number of nitrogens with zero attached hydrogens (tertiary/aromatic N) is 2. The lowest BCUT2D eigenvalue weighted by Gasteiger charge is -2.22. The molecule has 4 rings (SSSR count). The van der Waals surface area contributed by atoms with E-state index in [4.69, 9.17) is 4.74 Å². The van der Waals surface area contributed by atoms with Gasteiger partial charge in [-0.3, -0.25) is 4.90 Å². The smallest absolute Gasteiger partial charge is 0.416 e. The van der Waals surface area contributed by atoms with Gasteiger partial charge in [0, 0.05) is 31.4 Å². The van der Waals surface area contributed by atoms with Crippen LogP contribution in [0.4, 0.5) is 30.7 Å². The molecular weight excluding hydrogens is 453 g/mol. The van der Waals surface area contributed by atoms with Crippen LogP contribution in [-0.2, 0) is 25.4 Å². The average molecular weight is 470 g/mol. The number of pyridine rings is 1. The van der Waals surface area contributed by atoms with Crippen LogP contribution in [0.3, 0.4) is 0 Å². The molecular formula is C23H17F7N2O. The first-order chi connectivity index (χ1) is 15.5. The Morgan fingerprint density at radius 2 is 1.52 bits per heavy atom. The zero-order valence-electron chi connectivity index (χ0n) is 17.0. The fourth-order valence-corrected chi connectivity index (χ4v) is 3.73. The van der Waals surface area contributed by atoms with Crippen molar-refractivity contribution in [2.75, 3.05) is 13.2 Å². The van der Waals surface area contributed by atoms with Crippen molar-refractivity contribution in [2.24, 2.45) is 0 Å². The summed E-state index contributed by atoms with van der Waals surface area (Å²) in [5.74, 6) is -0.0962. The van der Waals surface area contributed by atoms with Gasteiger partial charge in [0.15, 0.2) is 0 Å². The lowest BCUT2D eigenvalue weighted by molar-refractivity contribution is -0.143. The van der Waals surface area contributed by atoms with E-state index in [9.17, 15) is 30.7 Å². The zero-order valence-corrected chi connectivity index (χ0v) is 17.0. The fourth-order valence-electron chi connectivity index (χ4n) is 3.73. The standard InChI is InChI=1S/C23H17F7N2O/c24-18-3-1-15(2-4-18)19-5-6-31-21-20(19)13-32(7-8-33-21)12-14-9-16(22(25,26)27)11-17(10-14)23(28,29)30/h1-6,9-11H,7-8,12-13H2. The van der Waals surface area contributed by atoms with Crippen LogP contribution in [0.5, 0.6) is 5.88 Å². The van der Waals surface area contributed by atoms with E-state index in [1.807, 2.05) is 0 Å². The topological polar surface area (TPSA) is 25.4 Å². The molecule has 2 aromatic carbocycles. The quantitative estimate of drug-likeness (QED) is 0.419. The largest absolute Gasteiger partial charge is 0.476 e. The molecule has 0 saturated heterocycles. The van der Waals surface area contributed by atoms with Crippen molar-refractivity contribution in [1.29, 1.82) is 0 Å². The van der Waals surface area contributed by atoms with Crippen LogP contribution in [-0.4, -0.2) is 23.0 Å². The third-order valence-electron chi connectivity index (χ3n) is 5.25. The Morgan fingerprint density at radius 1 is 0.879 bits per heavy atom. The Bertz CT molecular complexity index is 1110. The average Bonchev–Trinajstić information content (AvgIpc) is 2.94. The number of aromatic nitrogens is 1. The van der Waals surface area contributed by atoms with E-state index in [0.29, 0.717) is 22.6 Å². The fraction of sp³-hybridized carbons (Fsp3) is 0.261. The van der Waals surface area contributed by atoms with Crippen molar-refractivity contribution >= 4 is 0 Å². The molecule has 10 heteroatoms. The molecule has 1 aromatic heterocycles. The van der Waals surface area contributed by atoms with Crippen LogP contribution in [0, 0.1) is 5.82 Å². The number of ether oxygens (including phenoxy) is 1. The van der Waals surface area contributed by atoms with Crippen LogP contribution >= 0.6 is 0 Å². The maximum atomic E-state index is 13.3. The Morgan fingerprint density at radius 3 is 2.12 bits per heavy atom. The van der Waals surface area contributed by atoms with Gasteiger partial charge in [-0.25, -0.2) is 9.37 Å². The lowest BCUT2D eigenvalue weighted by Crippen LogP contribution is -2.26. The molecule has 0 fully saturated rings. The van der Waals surface area contributed by atoms with Gasteiger partial charge in [-0.15, -0.1) is 0 Å². The molecule has 2 heterocycles. The number of fused-ring (bicyclic) bond motifs is 1. The maximum absolute atomic E-state index is 13.3. The monoisotopic (exact) mass is 470 g/mol. The summed E-state index contributed by atoms with van der Waals surface area (Å²) in [6, 6.07) is 8.99. The molecule has 0 atom stereocenters. The van der Waals surface area contributed by atoms with Crippen LogP contribution in [0.2, 0.25) is 0 Å². The van der Waals surface area contributed by atoms with E-state index in [2.05, 4.69) is 4.98 Å². The summed E-state index contributed by atoms with van der Waals surface area (Å²) in [6.07, 6.45) is -8.30. The highest BCUT2D eigenvalue weighted by molar-refractivity contribution is 5.69. The number of alkyl halides is 6. The Balaban J connectivity index is 1.68. The van der Waals surface area contributed by atoms with Gasteiger partial charge in [0.25, 0.3) is 0 Å². The first-order valence-electron chi connectivity index (χ1n) is 9.88. The number of halogens is 7. The Kier molecular flexibility index (Phi) is 6.04. The van der Waals surface area contributed by atoms with Crippen LogP contribution < -0.4 is 4.74 Å². The molecule has 0 unspecified atom stereocenters. The molecule has 0 spiro atoms. The molecule has 0 bridgehead atoms. The van der Waals surface area contributed by atoms with Crippen molar-refractivity contribution < 1.29 is 35.5 Å². The second kappa shape index (κ2) is 8.66. The molecule has 3 aromatic rings. The normalized spacial score (nSPS) is 15.0. The van der Waals surface area contributed by atoms with E-state index < -0.39 is 29.3 Å². The molecule has 3 nitrogen and oxygen atoms in total. The minimum Gasteiger partial charge on any atom is -0.476 e. The molecule has 0 amide bonds. The van der Waals surface area contributed by atoms with Crippen LogP contribution in [0.15, 0.2) is 54.7 Å². The molecule has 0 N–H and O–H groups in total. The second-order valence-electron chi connectivity index (χ2n) is 7.62. The number of rotatable bonds is 3. The summed E-state index contributed by atoms with van der Waals surface area (Å²) in [7, 11) is 0. The van der Waals surface area contributed by atoms with Crippen molar-refractivity contribution in [1.82, 2.24) is 9.88 Å². The predicted octanol–water partition coefficient (Wildman–Crippen LogP) is 6.32. The van der Waals surface area contributed by atoms with E-state index in [-0.39, 0.29) is 37.9 Å². The molecule has 33 heavy (non-hydrogen) atoms. The molecule has 0 aliphatic carbocycles. The van der Waals surface area contributed by atoms with E-state index in [0.717, 1.165) is 12.1 Å². The van der Waals surface area contributed by atoms with E-state index >= 15 is 0 Å². The summed E-state index contributed by atoms with van der Waals surface area (Å²) >= 11 is 0. The van der Waals surface area contributed by atoms with Crippen molar-refractivity contribution in [3.8, 4) is 17.0 Å². The van der Waals surface area contributed by atoms with E-state index in [1.54, 1.807) is 23.1 Å². The Hall–Kier alpha value is -3.14. The molecule has 174 valence electrons. The first kappa shape index (κ1) is 23.0. The van der Waals surface area contributed by atoms with Crippen LogP contribution in [0.25, 0.3) is 11.1 Å². The van der Waals surface area contributed by atoms with Gasteiger partial charge in [-0.2, -0.15) is 26.3 Å². The lowest BCUT2D eigenvalue weighted by atomic mass is 10.0. The van der Waals surface area contributed by atoms with Gasteiger partial charge in [0.05, 0.1) is 11.1 Å². The molecule has 0 saturated carbocycles. The van der Waals surface area contributed by atoms with Crippen molar-refractivity contribution in [3.63, 3.8) is 0 Å². The summed E-state index contributed by atoms with van der Waals surface area (Å²) in [5, 5.41) is 0. The molecule has 1 aliphatic rings. The highest BCUT2D eigenvalue weighted by atomic mass is 19.4. The summed E-state index contributed by atoms with van der Waals surface area (Å²) in [6.45, 7) is 0.426. The predicted molar refractivity (Wildman–Crippen MR) is 106 cm³/mol. The SMILES string of the molecule is Fc1ccc(-c2ccnc3c2CN(Cc2cc(C(F)(F)F)cc(C(F)(F)F)c2)CCO3)cc1. The van der Waals surface area contributed by atoms with Gasteiger partial charge < -0.3 is 4.74 Å².